The van der Waals surface area contributed by atoms with Crippen LogP contribution in [0.1, 0.15) is 54.4 Å². The van der Waals surface area contributed by atoms with E-state index in [9.17, 15) is 4.79 Å². The molecular formula is C17H22BrNO. The number of rotatable bonds is 1. The average Bonchev–Trinajstić information content (AvgIpc) is 2.49. The monoisotopic (exact) mass is 335 g/mol. The molecule has 2 fully saturated rings. The number of likely N-dealkylation sites (tertiary alicyclic amines) is 1. The normalized spacial score (nSPS) is 26.2. The van der Waals surface area contributed by atoms with Crippen molar-refractivity contribution in [3.8, 4) is 0 Å². The number of amides is 1. The van der Waals surface area contributed by atoms with Crippen molar-refractivity contribution in [3.05, 3.63) is 33.8 Å². The van der Waals surface area contributed by atoms with Gasteiger partial charge in [0.2, 0.25) is 0 Å². The molecule has 0 unspecified atom stereocenters. The van der Waals surface area contributed by atoms with Gasteiger partial charge in [-0.15, -0.1) is 0 Å². The summed E-state index contributed by atoms with van der Waals surface area (Å²) in [7, 11) is 0. The molecule has 0 aromatic heterocycles. The highest BCUT2D eigenvalue weighted by Crippen LogP contribution is 2.36. The number of hydrogen-bond acceptors (Lipinski definition) is 1. The molecule has 1 amide bonds. The number of halogens is 1. The Bertz CT molecular complexity index is 512. The molecule has 1 aromatic carbocycles. The van der Waals surface area contributed by atoms with E-state index in [2.05, 4.69) is 27.8 Å². The summed E-state index contributed by atoms with van der Waals surface area (Å²) in [6.45, 7) is 2.99. The van der Waals surface area contributed by atoms with Crippen molar-refractivity contribution in [1.29, 1.82) is 0 Å². The summed E-state index contributed by atoms with van der Waals surface area (Å²) >= 11 is 3.54. The molecule has 0 bridgehead atoms. The minimum absolute atomic E-state index is 0.224. The van der Waals surface area contributed by atoms with E-state index in [-0.39, 0.29) is 5.91 Å². The van der Waals surface area contributed by atoms with E-state index in [0.717, 1.165) is 22.5 Å². The molecule has 1 aliphatic carbocycles. The Morgan fingerprint density at radius 3 is 2.75 bits per heavy atom. The molecule has 1 saturated carbocycles. The van der Waals surface area contributed by atoms with Gasteiger partial charge in [0.05, 0.1) is 0 Å². The SMILES string of the molecule is Cc1ccc(C(=O)N2CCC[C@H]3CCCC[C@H]32)cc1Br. The van der Waals surface area contributed by atoms with Crippen LogP contribution in [0.25, 0.3) is 0 Å². The topological polar surface area (TPSA) is 20.3 Å². The molecule has 108 valence electrons. The van der Waals surface area contributed by atoms with Crippen LogP contribution in [-0.4, -0.2) is 23.4 Å². The third-order valence-electron chi connectivity index (χ3n) is 4.92. The van der Waals surface area contributed by atoms with Crippen LogP contribution >= 0.6 is 15.9 Å². The fraction of sp³-hybridized carbons (Fsp3) is 0.588. The lowest BCUT2D eigenvalue weighted by Crippen LogP contribution is -2.49. The predicted octanol–water partition coefficient (Wildman–Crippen LogP) is 4.55. The quantitative estimate of drug-likeness (QED) is 0.737. The number of nitrogens with zero attached hydrogens (tertiary/aromatic N) is 1. The lowest BCUT2D eigenvalue weighted by molar-refractivity contribution is 0.0390. The van der Waals surface area contributed by atoms with E-state index in [0.29, 0.717) is 6.04 Å². The largest absolute Gasteiger partial charge is 0.335 e. The Morgan fingerprint density at radius 1 is 1.20 bits per heavy atom. The maximum absolute atomic E-state index is 12.8. The molecule has 3 rings (SSSR count). The van der Waals surface area contributed by atoms with Gasteiger partial charge in [-0.3, -0.25) is 4.79 Å². The predicted molar refractivity (Wildman–Crippen MR) is 84.9 cm³/mol. The lowest BCUT2D eigenvalue weighted by Gasteiger charge is -2.44. The van der Waals surface area contributed by atoms with E-state index >= 15 is 0 Å². The first-order valence-electron chi connectivity index (χ1n) is 7.74. The van der Waals surface area contributed by atoms with Gasteiger partial charge >= 0.3 is 0 Å². The molecule has 1 aliphatic heterocycles. The van der Waals surface area contributed by atoms with Crippen molar-refractivity contribution in [3.63, 3.8) is 0 Å². The molecule has 1 saturated heterocycles. The van der Waals surface area contributed by atoms with Crippen molar-refractivity contribution in [1.82, 2.24) is 4.90 Å². The average molecular weight is 336 g/mol. The van der Waals surface area contributed by atoms with Gasteiger partial charge in [-0.05, 0) is 56.2 Å². The zero-order valence-electron chi connectivity index (χ0n) is 12.1. The molecule has 0 N–H and O–H groups in total. The molecular weight excluding hydrogens is 314 g/mol. The van der Waals surface area contributed by atoms with Gasteiger partial charge in [-0.2, -0.15) is 0 Å². The summed E-state index contributed by atoms with van der Waals surface area (Å²) in [5, 5.41) is 0. The summed E-state index contributed by atoms with van der Waals surface area (Å²) in [6.07, 6.45) is 7.61. The lowest BCUT2D eigenvalue weighted by atomic mass is 9.78. The van der Waals surface area contributed by atoms with Gasteiger partial charge in [0, 0.05) is 22.6 Å². The fourth-order valence-corrected chi connectivity index (χ4v) is 4.15. The highest BCUT2D eigenvalue weighted by Gasteiger charge is 2.35. The summed E-state index contributed by atoms with van der Waals surface area (Å²) in [6, 6.07) is 6.46. The highest BCUT2D eigenvalue weighted by molar-refractivity contribution is 9.10. The number of hydrogen-bond donors (Lipinski definition) is 0. The zero-order valence-corrected chi connectivity index (χ0v) is 13.7. The number of benzene rings is 1. The summed E-state index contributed by atoms with van der Waals surface area (Å²) in [5.74, 6) is 0.970. The fourth-order valence-electron chi connectivity index (χ4n) is 3.77. The van der Waals surface area contributed by atoms with E-state index in [1.807, 2.05) is 18.2 Å². The molecule has 20 heavy (non-hydrogen) atoms. The zero-order chi connectivity index (χ0) is 14.1. The first-order valence-corrected chi connectivity index (χ1v) is 8.53. The molecule has 0 spiro atoms. The third-order valence-corrected chi connectivity index (χ3v) is 5.78. The van der Waals surface area contributed by atoms with Crippen LogP contribution in [0.3, 0.4) is 0 Å². The molecule has 2 nitrogen and oxygen atoms in total. The van der Waals surface area contributed by atoms with Crippen LogP contribution in [0.2, 0.25) is 0 Å². The van der Waals surface area contributed by atoms with Crippen LogP contribution in [0.15, 0.2) is 22.7 Å². The maximum Gasteiger partial charge on any atom is 0.254 e. The van der Waals surface area contributed by atoms with Gasteiger partial charge in [-0.1, -0.05) is 34.8 Å². The van der Waals surface area contributed by atoms with Gasteiger partial charge in [0.1, 0.15) is 0 Å². The number of piperidine rings is 1. The number of carbonyl (C=O) groups excluding carboxylic acids is 1. The smallest absolute Gasteiger partial charge is 0.254 e. The molecule has 3 heteroatoms. The number of aryl methyl sites for hydroxylation is 1. The van der Waals surface area contributed by atoms with Crippen LogP contribution < -0.4 is 0 Å². The Kier molecular flexibility index (Phi) is 4.16. The second-order valence-corrected chi connectivity index (χ2v) is 7.07. The maximum atomic E-state index is 12.8. The van der Waals surface area contributed by atoms with E-state index in [1.165, 1.54) is 44.1 Å². The van der Waals surface area contributed by atoms with Crippen molar-refractivity contribution in [2.75, 3.05) is 6.54 Å². The molecule has 2 atom stereocenters. The Balaban J connectivity index is 1.83. The molecule has 1 aromatic rings. The number of fused-ring (bicyclic) bond motifs is 1. The minimum atomic E-state index is 0.224. The van der Waals surface area contributed by atoms with Gasteiger partial charge in [0.25, 0.3) is 5.91 Å². The van der Waals surface area contributed by atoms with E-state index in [1.54, 1.807) is 0 Å². The molecule has 0 radical (unpaired) electrons. The standard InChI is InChI=1S/C17H22BrNO/c1-12-8-9-14(11-15(12)18)17(20)19-10-4-6-13-5-2-3-7-16(13)19/h8-9,11,13,16H,2-7,10H2,1H3/t13-,16-/m1/s1. The summed E-state index contributed by atoms with van der Waals surface area (Å²) < 4.78 is 1.03. The van der Waals surface area contributed by atoms with Crippen molar-refractivity contribution >= 4 is 21.8 Å². The summed E-state index contributed by atoms with van der Waals surface area (Å²) in [4.78, 5) is 15.0. The molecule has 2 aliphatic rings. The second-order valence-electron chi connectivity index (χ2n) is 6.22. The first kappa shape index (κ1) is 14.1. The van der Waals surface area contributed by atoms with E-state index in [4.69, 9.17) is 0 Å². The Labute approximate surface area is 129 Å². The Hall–Kier alpha value is -0.830. The van der Waals surface area contributed by atoms with Crippen LogP contribution in [-0.2, 0) is 0 Å². The van der Waals surface area contributed by atoms with Crippen molar-refractivity contribution in [2.45, 2.75) is 51.5 Å². The van der Waals surface area contributed by atoms with Gasteiger partial charge in [-0.25, -0.2) is 0 Å². The minimum Gasteiger partial charge on any atom is -0.335 e. The van der Waals surface area contributed by atoms with Crippen LogP contribution in [0, 0.1) is 12.8 Å². The van der Waals surface area contributed by atoms with Crippen molar-refractivity contribution < 1.29 is 4.79 Å². The highest BCUT2D eigenvalue weighted by atomic mass is 79.9. The Morgan fingerprint density at radius 2 is 1.95 bits per heavy atom. The van der Waals surface area contributed by atoms with Gasteiger partial charge in [0.15, 0.2) is 0 Å². The van der Waals surface area contributed by atoms with Crippen molar-refractivity contribution in [2.24, 2.45) is 5.92 Å². The first-order chi connectivity index (χ1) is 9.66. The van der Waals surface area contributed by atoms with Crippen LogP contribution in [0.4, 0.5) is 0 Å². The molecule has 1 heterocycles. The number of carbonyl (C=O) groups is 1. The summed E-state index contributed by atoms with van der Waals surface area (Å²) in [5.41, 5.74) is 2.00. The second kappa shape index (κ2) is 5.88. The van der Waals surface area contributed by atoms with Crippen LogP contribution in [0.5, 0.6) is 0 Å². The van der Waals surface area contributed by atoms with E-state index < -0.39 is 0 Å². The third kappa shape index (κ3) is 2.65. The van der Waals surface area contributed by atoms with Gasteiger partial charge < -0.3 is 4.90 Å².